The minimum atomic E-state index is 0. The molecule has 0 atom stereocenters. The maximum Gasteiger partial charge on any atom is 3.00 e. The predicted molar refractivity (Wildman–Crippen MR) is 21.2 cm³/mol. The van der Waals surface area contributed by atoms with E-state index in [4.69, 9.17) is 0 Å². The summed E-state index contributed by atoms with van der Waals surface area (Å²) in [5, 5.41) is 0. The van der Waals surface area contributed by atoms with Gasteiger partial charge in [-0.15, -0.1) is 0 Å². The van der Waals surface area contributed by atoms with Crippen LogP contribution in [0, 0.1) is 0 Å². The summed E-state index contributed by atoms with van der Waals surface area (Å²) in [7, 11) is 0. The van der Waals surface area contributed by atoms with Gasteiger partial charge in [0.1, 0.15) is 0 Å². The van der Waals surface area contributed by atoms with E-state index in [-0.39, 0.29) is 91.0 Å². The third-order valence-electron chi connectivity index (χ3n) is 0. The standard InChI is InChI=1S/Ca.In.5H2O/h;;5*1H2/q+2;+3;;;;;/p-5. The van der Waals surface area contributed by atoms with Gasteiger partial charge in [-0.1, -0.05) is 0 Å². The van der Waals surface area contributed by atoms with Crippen molar-refractivity contribution in [2.45, 2.75) is 0 Å². The molecule has 0 amide bonds. The molecule has 0 spiro atoms. The quantitative estimate of drug-likeness (QED) is 0.464. The predicted octanol–water partition coefficient (Wildman–Crippen LogP) is -1.65. The van der Waals surface area contributed by atoms with Gasteiger partial charge in [-0.2, -0.15) is 0 Å². The molecule has 7 heteroatoms. The Balaban J connectivity index is 0. The average molecular weight is 240 g/mol. The van der Waals surface area contributed by atoms with Gasteiger partial charge in [0.05, 0.1) is 0 Å². The molecule has 0 saturated carbocycles. The molecule has 0 saturated heterocycles. The largest absolute Gasteiger partial charge is 3.00 e. The Hall–Kier alpha value is 1.93. The molecule has 0 rings (SSSR count). The first-order valence-electron chi connectivity index (χ1n) is 0. The second-order valence-electron chi connectivity index (χ2n) is 0. The van der Waals surface area contributed by atoms with Crippen molar-refractivity contribution in [1.29, 1.82) is 0 Å². The molecule has 7 heavy (non-hydrogen) atoms. The molecule has 0 aliphatic rings. The molecule has 0 aliphatic carbocycles. The fraction of sp³-hybridized carbons (Fsp3) is 0. The van der Waals surface area contributed by atoms with E-state index in [1.54, 1.807) is 0 Å². The van der Waals surface area contributed by atoms with E-state index in [2.05, 4.69) is 0 Å². The zero-order valence-electron chi connectivity index (χ0n) is 3.52. The van der Waals surface area contributed by atoms with E-state index < -0.39 is 0 Å². The van der Waals surface area contributed by atoms with Gasteiger partial charge >= 0.3 is 63.6 Å². The van der Waals surface area contributed by atoms with Gasteiger partial charge in [-0.05, 0) is 0 Å². The van der Waals surface area contributed by atoms with Crippen molar-refractivity contribution < 1.29 is 27.4 Å². The van der Waals surface area contributed by atoms with Crippen LogP contribution in [-0.4, -0.2) is 91.0 Å². The topological polar surface area (TPSA) is 150 Å². The summed E-state index contributed by atoms with van der Waals surface area (Å²) in [6, 6.07) is 0. The van der Waals surface area contributed by atoms with E-state index >= 15 is 0 Å². The Labute approximate surface area is 89.8 Å². The first-order valence-corrected chi connectivity index (χ1v) is 0. The number of hydrogen-bond acceptors (Lipinski definition) is 5. The molecule has 0 aromatic rings. The maximum atomic E-state index is 0. The van der Waals surface area contributed by atoms with Crippen molar-refractivity contribution in [1.82, 2.24) is 0 Å². The minimum absolute atomic E-state index is 0. The molecule has 0 unspecified atom stereocenters. The zero-order valence-corrected chi connectivity index (χ0v) is 9.02. The van der Waals surface area contributed by atoms with Crippen LogP contribution in [-0.2, 0) is 0 Å². The Morgan fingerprint density at radius 3 is 0.429 bits per heavy atom. The van der Waals surface area contributed by atoms with Gasteiger partial charge < -0.3 is 27.4 Å². The summed E-state index contributed by atoms with van der Waals surface area (Å²) < 4.78 is 0. The van der Waals surface area contributed by atoms with Crippen LogP contribution in [0.25, 0.3) is 0 Å². The molecular formula is H5CaInO5. The Morgan fingerprint density at radius 2 is 0.429 bits per heavy atom. The molecule has 5 N–H and O–H groups in total. The summed E-state index contributed by atoms with van der Waals surface area (Å²) in [6.45, 7) is 0. The fourth-order valence-corrected chi connectivity index (χ4v) is 0. The van der Waals surface area contributed by atoms with Gasteiger partial charge in [0, 0.05) is 0 Å². The third kappa shape index (κ3) is 74.9. The summed E-state index contributed by atoms with van der Waals surface area (Å²) in [6.07, 6.45) is 0. The summed E-state index contributed by atoms with van der Waals surface area (Å²) in [5.41, 5.74) is 0. The zero-order chi connectivity index (χ0) is 0. The molecule has 0 aliphatic heterocycles. The fourth-order valence-electron chi connectivity index (χ4n) is 0. The Bertz CT molecular complexity index is 8.04. The van der Waals surface area contributed by atoms with Crippen molar-refractivity contribution in [2.24, 2.45) is 0 Å². The van der Waals surface area contributed by atoms with Crippen molar-refractivity contribution in [3.63, 3.8) is 0 Å². The molecule has 0 aromatic heterocycles. The molecular weight excluding hydrogens is 235 g/mol. The van der Waals surface area contributed by atoms with Gasteiger partial charge in [-0.25, -0.2) is 0 Å². The normalized spacial score (nSPS) is 0. The number of rotatable bonds is 0. The van der Waals surface area contributed by atoms with Crippen LogP contribution in [0.15, 0.2) is 0 Å². The van der Waals surface area contributed by atoms with Crippen molar-refractivity contribution in [3.05, 3.63) is 0 Å². The monoisotopic (exact) mass is 240 g/mol. The molecule has 0 fully saturated rings. The van der Waals surface area contributed by atoms with E-state index in [0.29, 0.717) is 0 Å². The van der Waals surface area contributed by atoms with Crippen LogP contribution in [0.1, 0.15) is 0 Å². The van der Waals surface area contributed by atoms with Gasteiger partial charge in [0.2, 0.25) is 0 Å². The van der Waals surface area contributed by atoms with E-state index in [1.165, 1.54) is 0 Å². The van der Waals surface area contributed by atoms with Crippen LogP contribution in [0.3, 0.4) is 0 Å². The molecule has 0 heterocycles. The van der Waals surface area contributed by atoms with Gasteiger partial charge in [0.15, 0.2) is 0 Å². The van der Waals surface area contributed by atoms with Crippen LogP contribution in [0.5, 0.6) is 0 Å². The second-order valence-corrected chi connectivity index (χ2v) is 0. The molecule has 40 valence electrons. The SMILES string of the molecule is [Ca+2].[In+3].[OH-].[OH-].[OH-].[OH-].[OH-]. The van der Waals surface area contributed by atoms with E-state index in [0.717, 1.165) is 0 Å². The van der Waals surface area contributed by atoms with Crippen molar-refractivity contribution in [2.75, 3.05) is 0 Å². The van der Waals surface area contributed by atoms with Crippen LogP contribution in [0.2, 0.25) is 0 Å². The minimum Gasteiger partial charge on any atom is -0.870 e. The molecule has 0 bridgehead atoms. The smallest absolute Gasteiger partial charge is 0.870 e. The van der Waals surface area contributed by atoms with Crippen LogP contribution >= 0.6 is 0 Å². The summed E-state index contributed by atoms with van der Waals surface area (Å²) in [4.78, 5) is 0. The summed E-state index contributed by atoms with van der Waals surface area (Å²) in [5.74, 6) is 0. The Kier molecular flexibility index (Phi) is 2200. The van der Waals surface area contributed by atoms with Gasteiger partial charge in [-0.3, -0.25) is 0 Å². The first-order chi connectivity index (χ1) is 0. The van der Waals surface area contributed by atoms with Crippen molar-refractivity contribution >= 4 is 63.6 Å². The second kappa shape index (κ2) is 102. The van der Waals surface area contributed by atoms with Crippen molar-refractivity contribution in [3.8, 4) is 0 Å². The molecule has 0 radical (unpaired) electrons. The summed E-state index contributed by atoms with van der Waals surface area (Å²) >= 11 is 0. The first kappa shape index (κ1) is 151. The van der Waals surface area contributed by atoms with Crippen LogP contribution in [0.4, 0.5) is 0 Å². The van der Waals surface area contributed by atoms with E-state index in [9.17, 15) is 0 Å². The molecule has 5 nitrogen and oxygen atoms in total. The Morgan fingerprint density at radius 1 is 0.429 bits per heavy atom. The number of hydrogen-bond donors (Lipinski definition) is 0. The van der Waals surface area contributed by atoms with E-state index in [1.807, 2.05) is 0 Å². The van der Waals surface area contributed by atoms with Gasteiger partial charge in [0.25, 0.3) is 0 Å². The maximum absolute atomic E-state index is 0. The average Bonchev–Trinajstić information content (AvgIpc) is 0. The third-order valence-corrected chi connectivity index (χ3v) is 0. The molecule has 0 aromatic carbocycles. The van der Waals surface area contributed by atoms with Crippen LogP contribution < -0.4 is 0 Å².